The Hall–Kier alpha value is -1.88. The van der Waals surface area contributed by atoms with Crippen LogP contribution in [0.25, 0.3) is 11.0 Å². The van der Waals surface area contributed by atoms with Gasteiger partial charge in [-0.15, -0.1) is 0 Å². The second-order valence-corrected chi connectivity index (χ2v) is 6.10. The topological polar surface area (TPSA) is 42.7 Å². The highest BCUT2D eigenvalue weighted by molar-refractivity contribution is 5.99. The van der Waals surface area contributed by atoms with Crippen LogP contribution < -0.4 is 0 Å². The number of morpholine rings is 1. The molecule has 0 spiro atoms. The van der Waals surface area contributed by atoms with Crippen molar-refractivity contribution in [3.63, 3.8) is 0 Å². The third-order valence-electron chi connectivity index (χ3n) is 4.84. The summed E-state index contributed by atoms with van der Waals surface area (Å²) in [4.78, 5) is 14.8. The number of ether oxygens (including phenoxy) is 1. The fourth-order valence-electron chi connectivity index (χ4n) is 3.71. The largest absolute Gasteiger partial charge is 0.451 e. The van der Waals surface area contributed by atoms with Crippen molar-refractivity contribution in [3.8, 4) is 0 Å². The van der Waals surface area contributed by atoms with Gasteiger partial charge in [0.15, 0.2) is 5.76 Å². The number of hydrogen-bond donors (Lipinski definition) is 0. The average molecular weight is 303 g/mol. The molecule has 0 N–H and O–H groups in total. The van der Waals surface area contributed by atoms with Crippen LogP contribution in [-0.2, 0) is 4.74 Å². The van der Waals surface area contributed by atoms with E-state index in [0.29, 0.717) is 35.4 Å². The van der Waals surface area contributed by atoms with Gasteiger partial charge in [-0.25, -0.2) is 4.39 Å². The van der Waals surface area contributed by atoms with Crippen LogP contribution in [0, 0.1) is 12.7 Å². The lowest BCUT2D eigenvalue weighted by Crippen LogP contribution is -2.51. The van der Waals surface area contributed by atoms with Crippen molar-refractivity contribution in [3.05, 3.63) is 35.3 Å². The Bertz CT molecular complexity index is 739. The fourth-order valence-corrected chi connectivity index (χ4v) is 3.71. The van der Waals surface area contributed by atoms with Gasteiger partial charge in [0.2, 0.25) is 0 Å². The fraction of sp³-hybridized carbons (Fsp3) is 0.471. The van der Waals surface area contributed by atoms with Crippen LogP contribution in [0.3, 0.4) is 0 Å². The third kappa shape index (κ3) is 2.03. The number of benzene rings is 1. The summed E-state index contributed by atoms with van der Waals surface area (Å²) in [5, 5.41) is 0.666. The number of fused-ring (bicyclic) bond motifs is 2. The summed E-state index contributed by atoms with van der Waals surface area (Å²) in [6.45, 7) is 2.97. The summed E-state index contributed by atoms with van der Waals surface area (Å²) in [7, 11) is 0. The number of rotatable bonds is 1. The van der Waals surface area contributed by atoms with E-state index in [4.69, 9.17) is 9.15 Å². The molecule has 2 fully saturated rings. The average Bonchev–Trinajstić information content (AvgIpc) is 3.11. The van der Waals surface area contributed by atoms with E-state index in [1.54, 1.807) is 6.07 Å². The molecule has 2 aliphatic rings. The molecule has 1 aromatic carbocycles. The molecule has 0 unspecified atom stereocenters. The SMILES string of the molecule is Cc1c(C(=O)N2CCO[C@H]3CCC[C@H]32)oc2ccc(F)cc12. The second-order valence-electron chi connectivity index (χ2n) is 6.10. The summed E-state index contributed by atoms with van der Waals surface area (Å²) in [5.74, 6) is -0.0971. The summed E-state index contributed by atoms with van der Waals surface area (Å²) < 4.78 is 24.9. The third-order valence-corrected chi connectivity index (χ3v) is 4.84. The monoisotopic (exact) mass is 303 g/mol. The minimum Gasteiger partial charge on any atom is -0.451 e. The van der Waals surface area contributed by atoms with Gasteiger partial charge in [0.05, 0.1) is 18.8 Å². The maximum Gasteiger partial charge on any atom is 0.290 e. The van der Waals surface area contributed by atoms with Crippen LogP contribution in [0.1, 0.15) is 35.4 Å². The predicted molar refractivity (Wildman–Crippen MR) is 79.3 cm³/mol. The van der Waals surface area contributed by atoms with Gasteiger partial charge >= 0.3 is 0 Å². The number of carbonyl (C=O) groups excluding carboxylic acids is 1. The quantitative estimate of drug-likeness (QED) is 0.812. The highest BCUT2D eigenvalue weighted by Gasteiger charge is 2.40. The zero-order chi connectivity index (χ0) is 15.3. The van der Waals surface area contributed by atoms with Gasteiger partial charge in [-0.3, -0.25) is 4.79 Å². The van der Waals surface area contributed by atoms with Gasteiger partial charge in [-0.2, -0.15) is 0 Å². The minimum absolute atomic E-state index is 0.102. The van der Waals surface area contributed by atoms with Gasteiger partial charge in [0.25, 0.3) is 5.91 Å². The molecule has 0 radical (unpaired) electrons. The van der Waals surface area contributed by atoms with E-state index >= 15 is 0 Å². The Morgan fingerprint density at radius 1 is 1.36 bits per heavy atom. The van der Waals surface area contributed by atoms with E-state index in [2.05, 4.69) is 0 Å². The number of aryl methyl sites for hydroxylation is 1. The normalized spacial score (nSPS) is 24.7. The van der Waals surface area contributed by atoms with Gasteiger partial charge in [0.1, 0.15) is 11.4 Å². The lowest BCUT2D eigenvalue weighted by Gasteiger charge is -2.37. The molecule has 2 heterocycles. The molecular formula is C17H18FNO3. The van der Waals surface area contributed by atoms with Crippen molar-refractivity contribution in [1.29, 1.82) is 0 Å². The molecule has 22 heavy (non-hydrogen) atoms. The number of carbonyl (C=O) groups is 1. The number of hydrogen-bond acceptors (Lipinski definition) is 3. The van der Waals surface area contributed by atoms with Crippen LogP contribution in [0.15, 0.2) is 22.6 Å². The second kappa shape index (κ2) is 5.09. The summed E-state index contributed by atoms with van der Waals surface area (Å²) >= 11 is 0. The van der Waals surface area contributed by atoms with E-state index in [1.165, 1.54) is 12.1 Å². The van der Waals surface area contributed by atoms with Crippen molar-refractivity contribution in [2.24, 2.45) is 0 Å². The first-order valence-electron chi connectivity index (χ1n) is 7.76. The molecule has 4 rings (SSSR count). The molecule has 2 atom stereocenters. The van der Waals surface area contributed by atoms with E-state index < -0.39 is 0 Å². The molecule has 1 aliphatic heterocycles. The van der Waals surface area contributed by atoms with Crippen molar-refractivity contribution < 1.29 is 18.3 Å². The van der Waals surface area contributed by atoms with Crippen LogP contribution in [0.5, 0.6) is 0 Å². The Balaban J connectivity index is 1.72. The molecule has 0 bridgehead atoms. The highest BCUT2D eigenvalue weighted by atomic mass is 19.1. The van der Waals surface area contributed by atoms with E-state index in [1.807, 2.05) is 11.8 Å². The molecule has 1 aliphatic carbocycles. The van der Waals surface area contributed by atoms with E-state index in [0.717, 1.165) is 19.3 Å². The van der Waals surface area contributed by atoms with E-state index in [9.17, 15) is 9.18 Å². The number of amides is 1. The Morgan fingerprint density at radius 2 is 2.23 bits per heavy atom. The summed E-state index contributed by atoms with van der Waals surface area (Å²) in [6.07, 6.45) is 3.23. The van der Waals surface area contributed by atoms with Crippen molar-refractivity contribution in [2.75, 3.05) is 13.2 Å². The van der Waals surface area contributed by atoms with Crippen LogP contribution in [0.4, 0.5) is 4.39 Å². The van der Waals surface area contributed by atoms with Crippen LogP contribution >= 0.6 is 0 Å². The van der Waals surface area contributed by atoms with Crippen LogP contribution in [-0.4, -0.2) is 36.1 Å². The van der Waals surface area contributed by atoms with Gasteiger partial charge in [0, 0.05) is 17.5 Å². The zero-order valence-corrected chi connectivity index (χ0v) is 12.5. The van der Waals surface area contributed by atoms with Gasteiger partial charge < -0.3 is 14.1 Å². The molecule has 1 saturated carbocycles. The predicted octanol–water partition coefficient (Wildman–Crippen LogP) is 3.27. The zero-order valence-electron chi connectivity index (χ0n) is 12.5. The Kier molecular flexibility index (Phi) is 3.18. The highest BCUT2D eigenvalue weighted by Crippen LogP contribution is 2.33. The van der Waals surface area contributed by atoms with Crippen molar-refractivity contribution in [2.45, 2.75) is 38.3 Å². The minimum atomic E-state index is -0.322. The number of nitrogens with zero attached hydrogens (tertiary/aromatic N) is 1. The summed E-state index contributed by atoms with van der Waals surface area (Å²) in [6, 6.07) is 4.49. The maximum atomic E-state index is 13.4. The number of halogens is 1. The molecule has 1 amide bonds. The lowest BCUT2D eigenvalue weighted by molar-refractivity contribution is -0.0454. The first-order valence-corrected chi connectivity index (χ1v) is 7.76. The molecular weight excluding hydrogens is 285 g/mol. The molecule has 2 aromatic rings. The molecule has 1 aromatic heterocycles. The van der Waals surface area contributed by atoms with E-state index in [-0.39, 0.29) is 23.9 Å². The Labute approximate surface area is 127 Å². The first-order chi connectivity index (χ1) is 10.6. The number of furan rings is 1. The molecule has 4 nitrogen and oxygen atoms in total. The van der Waals surface area contributed by atoms with Crippen molar-refractivity contribution in [1.82, 2.24) is 4.90 Å². The van der Waals surface area contributed by atoms with Crippen LogP contribution in [0.2, 0.25) is 0 Å². The lowest BCUT2D eigenvalue weighted by atomic mass is 10.1. The van der Waals surface area contributed by atoms with Gasteiger partial charge in [-0.05, 0) is 44.4 Å². The standard InChI is InChI=1S/C17H18FNO3/c1-10-12-9-11(18)5-6-14(12)22-16(10)17(20)19-7-8-21-15-4-2-3-13(15)19/h5-6,9,13,15H,2-4,7-8H2,1H3/t13-,15+/m1/s1. The summed E-state index contributed by atoms with van der Waals surface area (Å²) in [5.41, 5.74) is 1.26. The maximum absolute atomic E-state index is 13.4. The smallest absolute Gasteiger partial charge is 0.290 e. The van der Waals surface area contributed by atoms with Gasteiger partial charge in [-0.1, -0.05) is 0 Å². The molecule has 1 saturated heterocycles. The first kappa shape index (κ1) is 13.8. The van der Waals surface area contributed by atoms with Crippen molar-refractivity contribution >= 4 is 16.9 Å². The molecule has 116 valence electrons. The Morgan fingerprint density at radius 3 is 3.09 bits per heavy atom. The molecule has 5 heteroatoms.